The summed E-state index contributed by atoms with van der Waals surface area (Å²) in [7, 11) is 0. The summed E-state index contributed by atoms with van der Waals surface area (Å²) < 4.78 is 0. The number of rotatable bonds is 6. The minimum Gasteiger partial charge on any atom is -0.274 e. The van der Waals surface area contributed by atoms with Gasteiger partial charge in [-0.05, 0) is 24.8 Å². The molecule has 6 nitrogen and oxygen atoms in total. The molecule has 0 N–H and O–H groups in total. The number of carbonyl (C=O) groups excluding carboxylic acids is 2. The third-order valence-corrected chi connectivity index (χ3v) is 3.83. The molecule has 112 valence electrons. The Morgan fingerprint density at radius 1 is 1.24 bits per heavy atom. The van der Waals surface area contributed by atoms with E-state index in [1.165, 1.54) is 12.1 Å². The van der Waals surface area contributed by atoms with E-state index in [1.54, 1.807) is 0 Å². The highest BCUT2D eigenvalue weighted by Crippen LogP contribution is 2.27. The summed E-state index contributed by atoms with van der Waals surface area (Å²) in [4.78, 5) is 35.7. The Hall–Kier alpha value is -1.95. The van der Waals surface area contributed by atoms with Crippen LogP contribution in [0.15, 0.2) is 18.2 Å². The third-order valence-electron chi connectivity index (χ3n) is 3.61. The number of nitro benzene ring substituents is 1. The van der Waals surface area contributed by atoms with Crippen LogP contribution in [-0.4, -0.2) is 34.1 Å². The Bertz CT molecular complexity index is 603. The largest absolute Gasteiger partial charge is 0.274 e. The average molecular weight is 311 g/mol. The number of carbonyl (C=O) groups is 2. The number of amides is 2. The normalized spacial score (nSPS) is 15.2. The van der Waals surface area contributed by atoms with Gasteiger partial charge in [0.2, 0.25) is 0 Å². The zero-order valence-corrected chi connectivity index (χ0v) is 12.3. The molecule has 0 aromatic heterocycles. The van der Waals surface area contributed by atoms with Crippen LogP contribution in [0.25, 0.3) is 0 Å². The van der Waals surface area contributed by atoms with E-state index in [0.29, 0.717) is 24.8 Å². The molecule has 2 rings (SSSR count). The van der Waals surface area contributed by atoms with Crippen LogP contribution in [-0.2, 0) is 0 Å². The van der Waals surface area contributed by atoms with Crippen molar-refractivity contribution in [3.63, 3.8) is 0 Å². The molecule has 1 aromatic rings. The molecule has 0 bridgehead atoms. The molecule has 1 aliphatic rings. The average Bonchev–Trinajstić information content (AvgIpc) is 2.69. The van der Waals surface area contributed by atoms with Crippen LogP contribution >= 0.6 is 11.6 Å². The minimum atomic E-state index is -0.580. The second-order valence-electron chi connectivity index (χ2n) is 5.12. The summed E-state index contributed by atoms with van der Waals surface area (Å²) in [5, 5.41) is 10.7. The van der Waals surface area contributed by atoms with E-state index in [-0.39, 0.29) is 22.7 Å². The summed E-state index contributed by atoms with van der Waals surface area (Å²) >= 11 is 5.66. The molecule has 0 saturated heterocycles. The number of halogens is 1. The van der Waals surface area contributed by atoms with Gasteiger partial charge >= 0.3 is 0 Å². The van der Waals surface area contributed by atoms with E-state index in [1.807, 2.05) is 6.92 Å². The number of hydrogen-bond donors (Lipinski definition) is 0. The van der Waals surface area contributed by atoms with E-state index in [0.717, 1.165) is 17.4 Å². The summed E-state index contributed by atoms with van der Waals surface area (Å²) in [5.41, 5.74) is 0.155. The molecule has 21 heavy (non-hydrogen) atoms. The molecule has 0 aliphatic carbocycles. The van der Waals surface area contributed by atoms with Crippen LogP contribution in [0, 0.1) is 16.0 Å². The fourth-order valence-corrected chi connectivity index (χ4v) is 2.65. The number of nitrogens with zero attached hydrogens (tertiary/aromatic N) is 2. The molecular weight excluding hydrogens is 296 g/mol. The van der Waals surface area contributed by atoms with Crippen molar-refractivity contribution < 1.29 is 14.5 Å². The van der Waals surface area contributed by atoms with Crippen molar-refractivity contribution in [3.8, 4) is 0 Å². The van der Waals surface area contributed by atoms with E-state index >= 15 is 0 Å². The number of non-ortho nitro benzene ring substituents is 1. The van der Waals surface area contributed by atoms with Gasteiger partial charge in [-0.25, -0.2) is 0 Å². The first-order valence-electron chi connectivity index (χ1n) is 6.66. The minimum absolute atomic E-state index is 0.110. The maximum Gasteiger partial charge on any atom is 0.270 e. The second kappa shape index (κ2) is 6.22. The van der Waals surface area contributed by atoms with Crippen LogP contribution in [0.2, 0.25) is 0 Å². The van der Waals surface area contributed by atoms with E-state index < -0.39 is 10.8 Å². The Morgan fingerprint density at radius 3 is 2.52 bits per heavy atom. The molecule has 1 unspecified atom stereocenters. The topological polar surface area (TPSA) is 80.5 Å². The van der Waals surface area contributed by atoms with Gasteiger partial charge in [-0.3, -0.25) is 24.6 Å². The van der Waals surface area contributed by atoms with Crippen LogP contribution in [0.3, 0.4) is 0 Å². The Balaban J connectivity index is 2.16. The third kappa shape index (κ3) is 3.05. The molecule has 1 atom stereocenters. The molecular formula is C14H15ClN2O4. The fourth-order valence-electron chi connectivity index (χ4n) is 2.28. The number of imide groups is 1. The Labute approximate surface area is 126 Å². The summed E-state index contributed by atoms with van der Waals surface area (Å²) in [6, 6.07) is 3.75. The highest BCUT2D eigenvalue weighted by atomic mass is 35.5. The van der Waals surface area contributed by atoms with Gasteiger partial charge in [0.05, 0.1) is 16.1 Å². The van der Waals surface area contributed by atoms with Crippen molar-refractivity contribution in [2.45, 2.75) is 19.8 Å². The molecule has 1 heterocycles. The number of fused-ring (bicyclic) bond motifs is 1. The molecule has 0 radical (unpaired) electrons. The lowest BCUT2D eigenvalue weighted by atomic mass is 10.1. The van der Waals surface area contributed by atoms with Crippen LogP contribution in [0.4, 0.5) is 5.69 Å². The van der Waals surface area contributed by atoms with Gasteiger partial charge in [-0.2, -0.15) is 0 Å². The van der Waals surface area contributed by atoms with E-state index in [2.05, 4.69) is 0 Å². The zero-order valence-electron chi connectivity index (χ0n) is 11.5. The first-order valence-corrected chi connectivity index (χ1v) is 7.19. The van der Waals surface area contributed by atoms with Gasteiger partial charge in [0.1, 0.15) is 0 Å². The summed E-state index contributed by atoms with van der Waals surface area (Å²) in [6.07, 6.45) is 1.48. The molecule has 1 aliphatic heterocycles. The first-order chi connectivity index (χ1) is 9.95. The van der Waals surface area contributed by atoms with Crippen molar-refractivity contribution >= 4 is 29.1 Å². The lowest BCUT2D eigenvalue weighted by molar-refractivity contribution is -0.384. The lowest BCUT2D eigenvalue weighted by Crippen LogP contribution is -2.31. The molecule has 0 saturated carbocycles. The fraction of sp³-hybridized carbons (Fsp3) is 0.429. The van der Waals surface area contributed by atoms with Gasteiger partial charge in [0, 0.05) is 24.6 Å². The first kappa shape index (κ1) is 15.4. The molecule has 1 aromatic carbocycles. The predicted molar refractivity (Wildman–Crippen MR) is 77.6 cm³/mol. The highest BCUT2D eigenvalue weighted by molar-refractivity contribution is 6.21. The number of alkyl halides is 1. The quantitative estimate of drug-likeness (QED) is 0.350. The number of nitro groups is 1. The maximum absolute atomic E-state index is 12.2. The van der Waals surface area contributed by atoms with Crippen LogP contribution in [0.1, 0.15) is 40.5 Å². The van der Waals surface area contributed by atoms with Crippen LogP contribution in [0.5, 0.6) is 0 Å². The monoisotopic (exact) mass is 310 g/mol. The lowest BCUT2D eigenvalue weighted by Gasteiger charge is -2.16. The second-order valence-corrected chi connectivity index (χ2v) is 5.50. The molecule has 0 spiro atoms. The van der Waals surface area contributed by atoms with E-state index in [4.69, 9.17) is 11.6 Å². The Kier molecular flexibility index (Phi) is 4.57. The van der Waals surface area contributed by atoms with Crippen LogP contribution < -0.4 is 0 Å². The predicted octanol–water partition coefficient (Wildman–Crippen LogP) is 2.85. The van der Waals surface area contributed by atoms with Gasteiger partial charge in [-0.15, -0.1) is 11.6 Å². The molecule has 2 amide bonds. The summed E-state index contributed by atoms with van der Waals surface area (Å²) in [5.74, 6) is -0.00366. The van der Waals surface area contributed by atoms with Crippen molar-refractivity contribution in [2.75, 3.05) is 12.4 Å². The number of hydrogen-bond acceptors (Lipinski definition) is 4. The molecule has 7 heteroatoms. The maximum atomic E-state index is 12.2. The SMILES string of the molecule is CC(CCCl)CCN1C(=O)c2ccc([N+](=O)[O-])cc2C1=O. The smallest absolute Gasteiger partial charge is 0.270 e. The van der Waals surface area contributed by atoms with Gasteiger partial charge in [0.15, 0.2) is 0 Å². The van der Waals surface area contributed by atoms with Crippen molar-refractivity contribution in [3.05, 3.63) is 39.4 Å². The van der Waals surface area contributed by atoms with Crippen molar-refractivity contribution in [1.82, 2.24) is 4.90 Å². The van der Waals surface area contributed by atoms with Gasteiger partial charge < -0.3 is 0 Å². The highest BCUT2D eigenvalue weighted by Gasteiger charge is 2.36. The van der Waals surface area contributed by atoms with E-state index in [9.17, 15) is 19.7 Å². The Morgan fingerprint density at radius 2 is 1.90 bits per heavy atom. The number of benzene rings is 1. The van der Waals surface area contributed by atoms with Crippen molar-refractivity contribution in [1.29, 1.82) is 0 Å². The summed E-state index contributed by atoms with van der Waals surface area (Å²) in [6.45, 7) is 2.31. The van der Waals surface area contributed by atoms with Gasteiger partial charge in [-0.1, -0.05) is 6.92 Å². The standard InChI is InChI=1S/C14H15ClN2O4/c1-9(4-6-15)5-7-16-13(18)11-3-2-10(17(20)21)8-12(11)14(16)19/h2-3,8-9H,4-7H2,1H3. The van der Waals surface area contributed by atoms with Gasteiger partial charge in [0.25, 0.3) is 17.5 Å². The molecule has 0 fully saturated rings. The van der Waals surface area contributed by atoms with Crippen molar-refractivity contribution in [2.24, 2.45) is 5.92 Å². The zero-order chi connectivity index (χ0) is 15.6.